The van der Waals surface area contributed by atoms with Crippen LogP contribution in [0.5, 0.6) is 5.75 Å². The predicted molar refractivity (Wildman–Crippen MR) is 124 cm³/mol. The number of ether oxygens (including phenoxy) is 1. The predicted octanol–water partition coefficient (Wildman–Crippen LogP) is 5.11. The summed E-state index contributed by atoms with van der Waals surface area (Å²) >= 11 is 5.90. The molecule has 0 aliphatic heterocycles. The Morgan fingerprint density at radius 1 is 0.935 bits per heavy atom. The molecule has 2 amide bonds. The molecule has 0 bridgehead atoms. The first-order valence-corrected chi connectivity index (χ1v) is 10.6. The van der Waals surface area contributed by atoms with Crippen molar-refractivity contribution in [2.24, 2.45) is 0 Å². The Hall–Kier alpha value is -3.31. The van der Waals surface area contributed by atoms with Crippen molar-refractivity contribution in [2.45, 2.75) is 25.9 Å². The molecule has 3 rings (SSSR count). The Morgan fingerprint density at radius 2 is 1.61 bits per heavy atom. The third-order valence-corrected chi connectivity index (χ3v) is 4.98. The van der Waals surface area contributed by atoms with E-state index in [-0.39, 0.29) is 11.8 Å². The van der Waals surface area contributed by atoms with Gasteiger partial charge in [0.25, 0.3) is 11.8 Å². The molecular formula is C25H25ClN2O3. The maximum absolute atomic E-state index is 12.8. The van der Waals surface area contributed by atoms with E-state index in [0.29, 0.717) is 35.0 Å². The Kier molecular flexibility index (Phi) is 8.07. The van der Waals surface area contributed by atoms with Crippen LogP contribution in [0, 0.1) is 0 Å². The number of benzene rings is 3. The van der Waals surface area contributed by atoms with Crippen LogP contribution in [-0.2, 0) is 11.2 Å². The zero-order valence-corrected chi connectivity index (χ0v) is 18.1. The topological polar surface area (TPSA) is 67.4 Å². The number of anilines is 1. The number of hydrogen-bond acceptors (Lipinski definition) is 3. The van der Waals surface area contributed by atoms with Crippen molar-refractivity contribution in [3.8, 4) is 5.75 Å². The van der Waals surface area contributed by atoms with E-state index in [1.54, 1.807) is 48.5 Å². The highest BCUT2D eigenvalue weighted by Crippen LogP contribution is 2.20. The van der Waals surface area contributed by atoms with Crippen molar-refractivity contribution < 1.29 is 14.3 Å². The fraction of sp³-hybridized carbons (Fsp3) is 0.200. The maximum Gasteiger partial charge on any atom is 0.265 e. The second-order valence-electron chi connectivity index (χ2n) is 6.99. The van der Waals surface area contributed by atoms with E-state index in [0.717, 1.165) is 12.0 Å². The van der Waals surface area contributed by atoms with Gasteiger partial charge in [0.05, 0.1) is 11.3 Å². The molecular weight excluding hydrogens is 412 g/mol. The summed E-state index contributed by atoms with van der Waals surface area (Å²) in [5, 5.41) is 6.34. The number of para-hydroxylation sites is 1. The average Bonchev–Trinajstić information content (AvgIpc) is 2.79. The van der Waals surface area contributed by atoms with E-state index in [4.69, 9.17) is 16.3 Å². The van der Waals surface area contributed by atoms with Gasteiger partial charge in [0.15, 0.2) is 6.10 Å². The van der Waals surface area contributed by atoms with E-state index in [2.05, 4.69) is 10.6 Å². The van der Waals surface area contributed by atoms with Gasteiger partial charge in [-0.1, -0.05) is 61.0 Å². The van der Waals surface area contributed by atoms with Crippen molar-refractivity contribution in [3.63, 3.8) is 0 Å². The SMILES string of the molecule is CC[C@H](Oc1ccc(Cl)cc1)C(=O)Nc1ccccc1C(=O)NCCc1ccccc1. The summed E-state index contributed by atoms with van der Waals surface area (Å²) in [6.45, 7) is 2.37. The van der Waals surface area contributed by atoms with Gasteiger partial charge in [-0.3, -0.25) is 9.59 Å². The average molecular weight is 437 g/mol. The Bertz CT molecular complexity index is 1010. The van der Waals surface area contributed by atoms with Gasteiger partial charge in [0.2, 0.25) is 0 Å². The van der Waals surface area contributed by atoms with Gasteiger partial charge in [-0.25, -0.2) is 0 Å². The molecule has 0 aliphatic rings. The molecule has 3 aromatic carbocycles. The molecule has 0 saturated heterocycles. The monoisotopic (exact) mass is 436 g/mol. The van der Waals surface area contributed by atoms with Crippen LogP contribution in [0.4, 0.5) is 5.69 Å². The molecule has 3 aromatic rings. The number of carbonyl (C=O) groups is 2. The van der Waals surface area contributed by atoms with Crippen LogP contribution in [0.3, 0.4) is 0 Å². The van der Waals surface area contributed by atoms with E-state index >= 15 is 0 Å². The van der Waals surface area contributed by atoms with Crippen molar-refractivity contribution >= 4 is 29.1 Å². The van der Waals surface area contributed by atoms with Gasteiger partial charge < -0.3 is 15.4 Å². The van der Waals surface area contributed by atoms with Crippen molar-refractivity contribution in [3.05, 3.63) is 95.0 Å². The number of amides is 2. The summed E-state index contributed by atoms with van der Waals surface area (Å²) in [6, 6.07) is 23.7. The lowest BCUT2D eigenvalue weighted by Crippen LogP contribution is -2.33. The summed E-state index contributed by atoms with van der Waals surface area (Å²) in [5.74, 6) is -0.00109. The van der Waals surface area contributed by atoms with E-state index < -0.39 is 6.10 Å². The molecule has 0 heterocycles. The van der Waals surface area contributed by atoms with Gasteiger partial charge in [-0.15, -0.1) is 0 Å². The van der Waals surface area contributed by atoms with Crippen molar-refractivity contribution in [1.29, 1.82) is 0 Å². The fourth-order valence-corrected chi connectivity index (χ4v) is 3.19. The molecule has 2 N–H and O–H groups in total. The smallest absolute Gasteiger partial charge is 0.265 e. The maximum atomic E-state index is 12.8. The normalized spacial score (nSPS) is 11.4. The number of carbonyl (C=O) groups excluding carboxylic acids is 2. The summed E-state index contributed by atoms with van der Waals surface area (Å²) in [5.41, 5.74) is 2.00. The van der Waals surface area contributed by atoms with Crippen LogP contribution in [0.1, 0.15) is 29.3 Å². The lowest BCUT2D eigenvalue weighted by atomic mass is 10.1. The molecule has 160 valence electrons. The molecule has 6 heteroatoms. The Labute approximate surface area is 187 Å². The van der Waals surface area contributed by atoms with E-state index in [1.165, 1.54) is 0 Å². The number of nitrogens with one attached hydrogen (secondary N) is 2. The number of rotatable bonds is 9. The van der Waals surface area contributed by atoms with Gasteiger partial charge >= 0.3 is 0 Å². The summed E-state index contributed by atoms with van der Waals surface area (Å²) in [4.78, 5) is 25.5. The lowest BCUT2D eigenvalue weighted by Gasteiger charge is -2.18. The molecule has 0 aliphatic carbocycles. The highest BCUT2D eigenvalue weighted by Gasteiger charge is 2.21. The molecule has 5 nitrogen and oxygen atoms in total. The van der Waals surface area contributed by atoms with Crippen molar-refractivity contribution in [1.82, 2.24) is 5.32 Å². The van der Waals surface area contributed by atoms with Crippen LogP contribution in [0.15, 0.2) is 78.9 Å². The molecule has 0 spiro atoms. The van der Waals surface area contributed by atoms with Gasteiger partial charge in [0.1, 0.15) is 5.75 Å². The zero-order chi connectivity index (χ0) is 22.1. The molecule has 31 heavy (non-hydrogen) atoms. The third kappa shape index (κ3) is 6.59. The number of halogens is 1. The van der Waals surface area contributed by atoms with Crippen molar-refractivity contribution in [2.75, 3.05) is 11.9 Å². The minimum absolute atomic E-state index is 0.238. The Morgan fingerprint density at radius 3 is 2.32 bits per heavy atom. The first kappa shape index (κ1) is 22.4. The zero-order valence-electron chi connectivity index (χ0n) is 17.3. The second-order valence-corrected chi connectivity index (χ2v) is 7.43. The molecule has 0 fully saturated rings. The van der Waals surface area contributed by atoms with Crippen LogP contribution >= 0.6 is 11.6 Å². The summed E-state index contributed by atoms with van der Waals surface area (Å²) in [6.07, 6.45) is 0.503. The van der Waals surface area contributed by atoms with Crippen LogP contribution in [0.25, 0.3) is 0 Å². The fourth-order valence-electron chi connectivity index (χ4n) is 3.06. The molecule has 0 radical (unpaired) electrons. The molecule has 0 saturated carbocycles. The highest BCUT2D eigenvalue weighted by atomic mass is 35.5. The Balaban J connectivity index is 1.62. The van der Waals surface area contributed by atoms with Crippen LogP contribution < -0.4 is 15.4 Å². The lowest BCUT2D eigenvalue weighted by molar-refractivity contribution is -0.122. The highest BCUT2D eigenvalue weighted by molar-refractivity contribution is 6.30. The largest absolute Gasteiger partial charge is 0.481 e. The van der Waals surface area contributed by atoms with E-state index in [1.807, 2.05) is 37.3 Å². The summed E-state index contributed by atoms with van der Waals surface area (Å²) < 4.78 is 5.80. The number of hydrogen-bond donors (Lipinski definition) is 2. The molecule has 0 aromatic heterocycles. The minimum atomic E-state index is -0.699. The first-order chi connectivity index (χ1) is 15.1. The summed E-state index contributed by atoms with van der Waals surface area (Å²) in [7, 11) is 0. The van der Waals surface area contributed by atoms with E-state index in [9.17, 15) is 9.59 Å². The van der Waals surface area contributed by atoms with Gasteiger partial charge in [-0.2, -0.15) is 0 Å². The molecule has 1 atom stereocenters. The first-order valence-electron chi connectivity index (χ1n) is 10.2. The molecule has 0 unspecified atom stereocenters. The minimum Gasteiger partial charge on any atom is -0.481 e. The standard InChI is InChI=1S/C25H25ClN2O3/c1-2-23(31-20-14-12-19(26)13-15-20)25(30)28-22-11-7-6-10-21(22)24(29)27-17-16-18-8-4-3-5-9-18/h3-15,23H,2,16-17H2,1H3,(H,27,29)(H,28,30)/t23-/m0/s1. The van der Waals surface area contributed by atoms with Gasteiger partial charge in [0, 0.05) is 11.6 Å². The third-order valence-electron chi connectivity index (χ3n) is 4.73. The van der Waals surface area contributed by atoms with Crippen LogP contribution in [-0.4, -0.2) is 24.5 Å². The quantitative estimate of drug-likeness (QED) is 0.490. The van der Waals surface area contributed by atoms with Gasteiger partial charge in [-0.05, 0) is 54.8 Å². The van der Waals surface area contributed by atoms with Crippen LogP contribution in [0.2, 0.25) is 5.02 Å². The second kappa shape index (κ2) is 11.2.